The number of amides is 1. The third kappa shape index (κ3) is 4.20. The number of aryl methyl sites for hydroxylation is 2. The van der Waals surface area contributed by atoms with Crippen LogP contribution in [0, 0.1) is 13.8 Å². The van der Waals surface area contributed by atoms with Crippen molar-refractivity contribution in [2.75, 3.05) is 42.9 Å². The van der Waals surface area contributed by atoms with Gasteiger partial charge in [0.1, 0.15) is 0 Å². The van der Waals surface area contributed by atoms with Crippen LogP contribution in [0.3, 0.4) is 0 Å². The van der Waals surface area contributed by atoms with Crippen molar-refractivity contribution in [1.29, 1.82) is 0 Å². The molecule has 0 bridgehead atoms. The van der Waals surface area contributed by atoms with Crippen LogP contribution in [0.5, 0.6) is 0 Å². The Morgan fingerprint density at radius 3 is 2.24 bits per heavy atom. The van der Waals surface area contributed by atoms with Gasteiger partial charge >= 0.3 is 0 Å². The van der Waals surface area contributed by atoms with E-state index in [0.717, 1.165) is 44.0 Å². The van der Waals surface area contributed by atoms with Crippen LogP contribution >= 0.6 is 0 Å². The number of likely N-dealkylation sites (N-methyl/N-ethyl adjacent to an activating group) is 1. The standard InChI is InChI=1S/C21H27N3O/c1-4-23-11-13-24(14-12-23)20-9-7-19(8-10-20)22-21(25)18-6-5-16(2)17(3)15-18/h5-10,15H,4,11-14H2,1-3H3,(H,22,25). The fraction of sp³-hybridized carbons (Fsp3) is 0.381. The Balaban J connectivity index is 1.62. The van der Waals surface area contributed by atoms with E-state index in [1.807, 2.05) is 37.3 Å². The maximum Gasteiger partial charge on any atom is 0.255 e. The third-order valence-corrected chi connectivity index (χ3v) is 5.08. The third-order valence-electron chi connectivity index (χ3n) is 5.08. The fourth-order valence-corrected chi connectivity index (χ4v) is 3.16. The van der Waals surface area contributed by atoms with Crippen LogP contribution in [0.25, 0.3) is 0 Å². The summed E-state index contributed by atoms with van der Waals surface area (Å²) < 4.78 is 0. The van der Waals surface area contributed by atoms with E-state index in [1.54, 1.807) is 0 Å². The molecule has 25 heavy (non-hydrogen) atoms. The number of nitrogens with one attached hydrogen (secondary N) is 1. The van der Waals surface area contributed by atoms with Gasteiger partial charge in [-0.1, -0.05) is 13.0 Å². The first-order chi connectivity index (χ1) is 12.1. The fourth-order valence-electron chi connectivity index (χ4n) is 3.16. The number of hydrogen-bond acceptors (Lipinski definition) is 3. The van der Waals surface area contributed by atoms with Crippen LogP contribution in [0.1, 0.15) is 28.4 Å². The lowest BCUT2D eigenvalue weighted by molar-refractivity contribution is 0.102. The van der Waals surface area contributed by atoms with E-state index in [9.17, 15) is 4.79 Å². The predicted octanol–water partition coefficient (Wildman–Crippen LogP) is 3.70. The quantitative estimate of drug-likeness (QED) is 0.924. The summed E-state index contributed by atoms with van der Waals surface area (Å²) in [6.45, 7) is 11.8. The van der Waals surface area contributed by atoms with Gasteiger partial charge in [0.15, 0.2) is 0 Å². The molecule has 0 atom stereocenters. The zero-order chi connectivity index (χ0) is 17.8. The molecular weight excluding hydrogens is 310 g/mol. The molecule has 2 aromatic carbocycles. The number of hydrogen-bond donors (Lipinski definition) is 1. The predicted molar refractivity (Wildman–Crippen MR) is 105 cm³/mol. The second-order valence-electron chi connectivity index (χ2n) is 6.72. The second-order valence-corrected chi connectivity index (χ2v) is 6.72. The molecular formula is C21H27N3O. The number of carbonyl (C=O) groups is 1. The molecule has 2 aromatic rings. The largest absolute Gasteiger partial charge is 0.369 e. The van der Waals surface area contributed by atoms with Crippen molar-refractivity contribution in [2.24, 2.45) is 0 Å². The summed E-state index contributed by atoms with van der Waals surface area (Å²) in [7, 11) is 0. The van der Waals surface area contributed by atoms with Gasteiger partial charge in [0, 0.05) is 43.1 Å². The van der Waals surface area contributed by atoms with E-state index in [2.05, 4.69) is 41.1 Å². The molecule has 4 nitrogen and oxygen atoms in total. The van der Waals surface area contributed by atoms with Crippen molar-refractivity contribution in [3.63, 3.8) is 0 Å². The molecule has 1 fully saturated rings. The van der Waals surface area contributed by atoms with Gasteiger partial charge in [0.25, 0.3) is 5.91 Å². The lowest BCUT2D eigenvalue weighted by Crippen LogP contribution is -2.46. The Hall–Kier alpha value is -2.33. The molecule has 0 aromatic heterocycles. The zero-order valence-corrected chi connectivity index (χ0v) is 15.4. The number of anilines is 2. The molecule has 1 heterocycles. The molecule has 4 heteroatoms. The Morgan fingerprint density at radius 2 is 1.64 bits per heavy atom. The van der Waals surface area contributed by atoms with E-state index in [-0.39, 0.29) is 5.91 Å². The maximum absolute atomic E-state index is 12.4. The van der Waals surface area contributed by atoms with E-state index < -0.39 is 0 Å². The van der Waals surface area contributed by atoms with Crippen molar-refractivity contribution < 1.29 is 4.79 Å². The summed E-state index contributed by atoms with van der Waals surface area (Å²) >= 11 is 0. The molecule has 1 saturated heterocycles. The number of rotatable bonds is 4. The maximum atomic E-state index is 12.4. The lowest BCUT2D eigenvalue weighted by Gasteiger charge is -2.35. The Morgan fingerprint density at radius 1 is 0.960 bits per heavy atom. The van der Waals surface area contributed by atoms with Crippen molar-refractivity contribution in [3.05, 3.63) is 59.2 Å². The minimum Gasteiger partial charge on any atom is -0.369 e. The molecule has 0 unspecified atom stereocenters. The van der Waals surface area contributed by atoms with Gasteiger partial charge in [-0.15, -0.1) is 0 Å². The first-order valence-electron chi connectivity index (χ1n) is 9.03. The van der Waals surface area contributed by atoms with Crippen LogP contribution in [-0.4, -0.2) is 43.5 Å². The van der Waals surface area contributed by atoms with Gasteiger partial charge in [0.2, 0.25) is 0 Å². The number of piperazine rings is 1. The molecule has 0 spiro atoms. The normalized spacial score (nSPS) is 15.2. The zero-order valence-electron chi connectivity index (χ0n) is 15.4. The Kier molecular flexibility index (Phi) is 5.39. The second kappa shape index (κ2) is 7.70. The molecule has 1 aliphatic heterocycles. The van der Waals surface area contributed by atoms with E-state index in [4.69, 9.17) is 0 Å². The summed E-state index contributed by atoms with van der Waals surface area (Å²) in [6, 6.07) is 14.0. The monoisotopic (exact) mass is 337 g/mol. The van der Waals surface area contributed by atoms with Gasteiger partial charge in [0.05, 0.1) is 0 Å². The van der Waals surface area contributed by atoms with Gasteiger partial charge in [-0.2, -0.15) is 0 Å². The summed E-state index contributed by atoms with van der Waals surface area (Å²) in [6.07, 6.45) is 0. The van der Waals surface area contributed by atoms with E-state index in [1.165, 1.54) is 11.3 Å². The van der Waals surface area contributed by atoms with E-state index in [0.29, 0.717) is 5.56 Å². The smallest absolute Gasteiger partial charge is 0.255 e. The van der Waals surface area contributed by atoms with Crippen LogP contribution in [0.2, 0.25) is 0 Å². The van der Waals surface area contributed by atoms with Gasteiger partial charge in [-0.3, -0.25) is 4.79 Å². The average molecular weight is 337 g/mol. The first kappa shape index (κ1) is 17.5. The summed E-state index contributed by atoms with van der Waals surface area (Å²) in [5.74, 6) is -0.0626. The highest BCUT2D eigenvalue weighted by Gasteiger charge is 2.15. The Bertz CT molecular complexity index is 731. The van der Waals surface area contributed by atoms with Crippen molar-refractivity contribution in [2.45, 2.75) is 20.8 Å². The molecule has 1 N–H and O–H groups in total. The highest BCUT2D eigenvalue weighted by molar-refractivity contribution is 6.04. The molecule has 132 valence electrons. The van der Waals surface area contributed by atoms with Crippen LogP contribution < -0.4 is 10.2 Å². The Labute approximate surface area is 150 Å². The highest BCUT2D eigenvalue weighted by Crippen LogP contribution is 2.20. The number of nitrogens with zero attached hydrogens (tertiary/aromatic N) is 2. The number of benzene rings is 2. The van der Waals surface area contributed by atoms with Crippen LogP contribution in [0.15, 0.2) is 42.5 Å². The molecule has 1 aliphatic rings. The molecule has 1 amide bonds. The molecule has 0 radical (unpaired) electrons. The molecule has 3 rings (SSSR count). The number of carbonyl (C=O) groups excluding carboxylic acids is 1. The summed E-state index contributed by atoms with van der Waals surface area (Å²) in [5.41, 5.74) is 5.08. The lowest BCUT2D eigenvalue weighted by atomic mass is 10.1. The van der Waals surface area contributed by atoms with Gasteiger partial charge in [-0.25, -0.2) is 0 Å². The highest BCUT2D eigenvalue weighted by atomic mass is 16.1. The topological polar surface area (TPSA) is 35.6 Å². The van der Waals surface area contributed by atoms with Crippen molar-refractivity contribution in [1.82, 2.24) is 4.90 Å². The van der Waals surface area contributed by atoms with Gasteiger partial charge in [-0.05, 0) is 67.9 Å². The minimum absolute atomic E-state index is 0.0626. The van der Waals surface area contributed by atoms with Crippen molar-refractivity contribution in [3.8, 4) is 0 Å². The summed E-state index contributed by atoms with van der Waals surface area (Å²) in [4.78, 5) is 17.3. The average Bonchev–Trinajstić information content (AvgIpc) is 2.64. The van der Waals surface area contributed by atoms with Gasteiger partial charge < -0.3 is 15.1 Å². The van der Waals surface area contributed by atoms with Crippen LogP contribution in [-0.2, 0) is 0 Å². The van der Waals surface area contributed by atoms with Crippen molar-refractivity contribution >= 4 is 17.3 Å². The first-order valence-corrected chi connectivity index (χ1v) is 9.03. The minimum atomic E-state index is -0.0626. The SMILES string of the molecule is CCN1CCN(c2ccc(NC(=O)c3ccc(C)c(C)c3)cc2)CC1. The van der Waals surface area contributed by atoms with Crippen LogP contribution in [0.4, 0.5) is 11.4 Å². The molecule has 0 aliphatic carbocycles. The summed E-state index contributed by atoms with van der Waals surface area (Å²) in [5, 5.41) is 2.99. The molecule has 0 saturated carbocycles. The van der Waals surface area contributed by atoms with E-state index >= 15 is 0 Å².